The number of hydrogen-bond acceptors (Lipinski definition) is 9. The van der Waals surface area contributed by atoms with E-state index < -0.39 is 0 Å². The molecule has 1 saturated heterocycles. The van der Waals surface area contributed by atoms with Gasteiger partial charge in [0.15, 0.2) is 5.13 Å². The van der Waals surface area contributed by atoms with Gasteiger partial charge in [0.1, 0.15) is 22.8 Å². The van der Waals surface area contributed by atoms with Crippen molar-refractivity contribution in [3.05, 3.63) is 55.0 Å². The summed E-state index contributed by atoms with van der Waals surface area (Å²) in [5, 5.41) is 4.06. The maximum absolute atomic E-state index is 12.2. The van der Waals surface area contributed by atoms with Gasteiger partial charge < -0.3 is 19.9 Å². The van der Waals surface area contributed by atoms with Crippen molar-refractivity contribution in [1.82, 2.24) is 24.8 Å². The Hall–Kier alpha value is -3.63. The third-order valence-corrected chi connectivity index (χ3v) is 6.67. The Kier molecular flexibility index (Phi) is 6.33. The second-order valence-electron chi connectivity index (χ2n) is 8.12. The second kappa shape index (κ2) is 9.70. The Labute approximate surface area is 201 Å². The molecule has 0 bridgehead atoms. The van der Waals surface area contributed by atoms with Gasteiger partial charge >= 0.3 is 0 Å². The first-order valence-electron chi connectivity index (χ1n) is 11.0. The van der Waals surface area contributed by atoms with Gasteiger partial charge in [0.25, 0.3) is 0 Å². The molecule has 0 aliphatic carbocycles. The highest BCUT2D eigenvalue weighted by Crippen LogP contribution is 2.30. The molecule has 0 radical (unpaired) electrons. The maximum Gasteiger partial charge on any atom is 0.248 e. The quantitative estimate of drug-likeness (QED) is 0.452. The molecule has 0 saturated carbocycles. The minimum absolute atomic E-state index is 0.0308. The topological polar surface area (TPSA) is 96.4 Å². The molecule has 34 heavy (non-hydrogen) atoms. The van der Waals surface area contributed by atoms with Gasteiger partial charge in [0.2, 0.25) is 5.91 Å². The minimum Gasteiger partial charge on any atom is -0.375 e. The first-order valence-corrected chi connectivity index (χ1v) is 11.9. The van der Waals surface area contributed by atoms with E-state index in [9.17, 15) is 4.79 Å². The Bertz CT molecular complexity index is 1300. The molecule has 0 aromatic carbocycles. The van der Waals surface area contributed by atoms with Crippen molar-refractivity contribution in [2.75, 3.05) is 43.6 Å². The van der Waals surface area contributed by atoms with Crippen LogP contribution in [0.15, 0.2) is 55.0 Å². The van der Waals surface area contributed by atoms with Crippen molar-refractivity contribution >= 4 is 44.2 Å². The zero-order valence-corrected chi connectivity index (χ0v) is 19.8. The third kappa shape index (κ3) is 4.68. The Balaban J connectivity index is 1.30. The molecule has 9 nitrogen and oxygen atoms in total. The SMILES string of the molecule is COCC(=O)N1CCN(c2ccnc(Nc3nc4ccc(-c5ccncc5)nc4s3)c2)C[C@H]1C. The number of piperazine rings is 1. The van der Waals surface area contributed by atoms with Crippen LogP contribution in [-0.4, -0.2) is 70.1 Å². The summed E-state index contributed by atoms with van der Waals surface area (Å²) in [5.74, 6) is 0.750. The highest BCUT2D eigenvalue weighted by Gasteiger charge is 2.27. The second-order valence-corrected chi connectivity index (χ2v) is 9.09. The molecule has 1 N–H and O–H groups in total. The summed E-state index contributed by atoms with van der Waals surface area (Å²) in [4.78, 5) is 35.2. The van der Waals surface area contributed by atoms with Crippen LogP contribution in [0, 0.1) is 0 Å². The van der Waals surface area contributed by atoms with Crippen LogP contribution in [0.1, 0.15) is 6.92 Å². The minimum atomic E-state index is 0.0308. The average molecular weight is 476 g/mol. The molecule has 0 unspecified atom stereocenters. The molecule has 1 aliphatic rings. The maximum atomic E-state index is 12.2. The predicted molar refractivity (Wildman–Crippen MR) is 133 cm³/mol. The van der Waals surface area contributed by atoms with E-state index in [-0.39, 0.29) is 18.6 Å². The lowest BCUT2D eigenvalue weighted by molar-refractivity contribution is -0.137. The van der Waals surface area contributed by atoms with Gasteiger partial charge in [0.05, 0.1) is 5.69 Å². The largest absolute Gasteiger partial charge is 0.375 e. The molecule has 1 aliphatic heterocycles. The van der Waals surface area contributed by atoms with E-state index in [1.807, 2.05) is 41.3 Å². The van der Waals surface area contributed by atoms with E-state index in [0.29, 0.717) is 6.54 Å². The fraction of sp³-hybridized carbons (Fsp3) is 0.292. The number of nitrogens with zero attached hydrogens (tertiary/aromatic N) is 6. The first-order chi connectivity index (χ1) is 16.6. The number of thiazole rings is 1. The summed E-state index contributed by atoms with van der Waals surface area (Å²) >= 11 is 1.49. The number of nitrogens with one attached hydrogen (secondary N) is 1. The molecule has 10 heteroatoms. The van der Waals surface area contributed by atoms with Crippen LogP contribution < -0.4 is 10.2 Å². The van der Waals surface area contributed by atoms with Crippen molar-refractivity contribution in [2.24, 2.45) is 0 Å². The molecule has 4 aromatic rings. The Morgan fingerprint density at radius 1 is 1.15 bits per heavy atom. The van der Waals surface area contributed by atoms with Gasteiger partial charge in [-0.25, -0.2) is 15.0 Å². The number of hydrogen-bond donors (Lipinski definition) is 1. The van der Waals surface area contributed by atoms with Crippen molar-refractivity contribution in [1.29, 1.82) is 0 Å². The number of pyridine rings is 3. The molecular weight excluding hydrogens is 450 g/mol. The molecule has 1 fully saturated rings. The third-order valence-electron chi connectivity index (χ3n) is 5.79. The molecule has 4 aromatic heterocycles. The lowest BCUT2D eigenvalue weighted by Gasteiger charge is -2.41. The van der Waals surface area contributed by atoms with Crippen molar-refractivity contribution in [3.63, 3.8) is 0 Å². The molecule has 174 valence electrons. The van der Waals surface area contributed by atoms with Crippen LogP contribution >= 0.6 is 11.3 Å². The van der Waals surface area contributed by atoms with E-state index in [1.165, 1.54) is 11.3 Å². The number of ether oxygens (including phenoxy) is 1. The van der Waals surface area contributed by atoms with E-state index in [4.69, 9.17) is 9.72 Å². The molecule has 1 amide bonds. The van der Waals surface area contributed by atoms with Gasteiger partial charge in [-0.15, -0.1) is 0 Å². The van der Waals surface area contributed by atoms with Gasteiger partial charge in [-0.1, -0.05) is 11.3 Å². The number of amides is 1. The van der Waals surface area contributed by atoms with Crippen LogP contribution in [0.2, 0.25) is 0 Å². The fourth-order valence-electron chi connectivity index (χ4n) is 4.12. The van der Waals surface area contributed by atoms with Gasteiger partial charge in [0, 0.05) is 68.7 Å². The van der Waals surface area contributed by atoms with Crippen molar-refractivity contribution in [3.8, 4) is 11.3 Å². The van der Waals surface area contributed by atoms with E-state index in [2.05, 4.69) is 32.1 Å². The molecule has 1 atom stereocenters. The average Bonchev–Trinajstić information content (AvgIpc) is 3.26. The summed E-state index contributed by atoms with van der Waals surface area (Å²) in [6.07, 6.45) is 5.31. The Morgan fingerprint density at radius 2 is 2.00 bits per heavy atom. The van der Waals surface area contributed by atoms with Crippen molar-refractivity contribution < 1.29 is 9.53 Å². The van der Waals surface area contributed by atoms with Crippen LogP contribution in [0.4, 0.5) is 16.6 Å². The number of methoxy groups -OCH3 is 1. The molecule has 0 spiro atoms. The molecule has 5 rings (SSSR count). The molecular formula is C24H25N7O2S. The van der Waals surface area contributed by atoms with Gasteiger partial charge in [-0.3, -0.25) is 9.78 Å². The standard InChI is InChI=1S/C24H25N7O2S/c1-16-14-30(11-12-31(16)22(32)15-33-2)18-7-10-26-21(13-18)29-24-28-20-4-3-19(27-23(20)34-24)17-5-8-25-9-6-17/h3-10,13,16H,11-12,14-15H2,1-2H3,(H,26,28,29)/t16-/m1/s1. The van der Waals surface area contributed by atoms with Crippen LogP contribution in [0.3, 0.4) is 0 Å². The number of carbonyl (C=O) groups excluding carboxylic acids is 1. The smallest absolute Gasteiger partial charge is 0.248 e. The molecule has 5 heterocycles. The van der Waals surface area contributed by atoms with Crippen LogP contribution in [-0.2, 0) is 9.53 Å². The lowest BCUT2D eigenvalue weighted by atomic mass is 10.1. The Morgan fingerprint density at radius 3 is 2.79 bits per heavy atom. The summed E-state index contributed by atoms with van der Waals surface area (Å²) in [5.41, 5.74) is 3.81. The number of fused-ring (bicyclic) bond motifs is 1. The predicted octanol–water partition coefficient (Wildman–Crippen LogP) is 3.58. The van der Waals surface area contributed by atoms with Gasteiger partial charge in [-0.2, -0.15) is 0 Å². The van der Waals surface area contributed by atoms with Crippen LogP contribution in [0.25, 0.3) is 21.6 Å². The number of anilines is 3. The normalized spacial score (nSPS) is 16.1. The fourth-order valence-corrected chi connectivity index (χ4v) is 4.96. The zero-order chi connectivity index (χ0) is 23.5. The van der Waals surface area contributed by atoms with Crippen LogP contribution in [0.5, 0.6) is 0 Å². The van der Waals surface area contributed by atoms with Gasteiger partial charge in [-0.05, 0) is 37.3 Å². The highest BCUT2D eigenvalue weighted by atomic mass is 32.1. The first kappa shape index (κ1) is 22.2. The van der Waals surface area contributed by atoms with E-state index >= 15 is 0 Å². The summed E-state index contributed by atoms with van der Waals surface area (Å²) in [6, 6.07) is 11.9. The highest BCUT2D eigenvalue weighted by molar-refractivity contribution is 7.21. The lowest BCUT2D eigenvalue weighted by Crippen LogP contribution is -2.54. The summed E-state index contributed by atoms with van der Waals surface area (Å²) < 4.78 is 5.01. The van der Waals surface area contributed by atoms with E-state index in [1.54, 1.807) is 25.7 Å². The zero-order valence-electron chi connectivity index (χ0n) is 19.0. The monoisotopic (exact) mass is 475 g/mol. The summed E-state index contributed by atoms with van der Waals surface area (Å²) in [7, 11) is 1.55. The number of aromatic nitrogens is 4. The number of carbonyl (C=O) groups is 1. The summed E-state index contributed by atoms with van der Waals surface area (Å²) in [6.45, 7) is 4.36. The van der Waals surface area contributed by atoms with E-state index in [0.717, 1.165) is 51.3 Å². The van der Waals surface area contributed by atoms with Crippen molar-refractivity contribution in [2.45, 2.75) is 13.0 Å². The number of rotatable bonds is 6.